The molecule has 0 saturated heterocycles. The number of nitrogens with zero attached hydrogens (tertiary/aromatic N) is 5. The summed E-state index contributed by atoms with van der Waals surface area (Å²) in [7, 11) is 0. The first-order chi connectivity index (χ1) is 11.7. The molecule has 0 aromatic carbocycles. The summed E-state index contributed by atoms with van der Waals surface area (Å²) < 4.78 is 7.40. The van der Waals surface area contributed by atoms with E-state index in [0.717, 1.165) is 35.9 Å². The zero-order valence-electron chi connectivity index (χ0n) is 14.2. The summed E-state index contributed by atoms with van der Waals surface area (Å²) in [6.07, 6.45) is 6.24. The van der Waals surface area contributed by atoms with E-state index in [0.29, 0.717) is 18.4 Å². The molecule has 0 unspecified atom stereocenters. The Labute approximate surface area is 141 Å². The number of rotatable bonds is 7. The maximum absolute atomic E-state index is 5.31. The van der Waals surface area contributed by atoms with Gasteiger partial charge >= 0.3 is 0 Å². The lowest BCUT2D eigenvalue weighted by atomic mass is 10.1. The molecule has 0 saturated carbocycles. The maximum atomic E-state index is 5.31. The standard InChI is InChI=1S/C17H22N6O/c1-4-23-11-18-9-14(23)10-20-15-6-5-13(8-19-15)17-21-16(22-24-17)7-12(2)3/h5-6,8-9,11-12H,4,7,10H2,1-3H3,(H,19,20). The molecule has 0 bridgehead atoms. The zero-order valence-corrected chi connectivity index (χ0v) is 14.2. The van der Waals surface area contributed by atoms with Gasteiger partial charge in [0.15, 0.2) is 5.82 Å². The van der Waals surface area contributed by atoms with Crippen molar-refractivity contribution < 1.29 is 4.52 Å². The molecular weight excluding hydrogens is 304 g/mol. The van der Waals surface area contributed by atoms with Crippen molar-refractivity contribution >= 4 is 5.82 Å². The fourth-order valence-corrected chi connectivity index (χ4v) is 2.41. The predicted molar refractivity (Wildman–Crippen MR) is 91.3 cm³/mol. The minimum atomic E-state index is 0.497. The molecule has 0 fully saturated rings. The minimum absolute atomic E-state index is 0.497. The highest BCUT2D eigenvalue weighted by atomic mass is 16.5. The number of pyridine rings is 1. The van der Waals surface area contributed by atoms with Crippen molar-refractivity contribution in [1.82, 2.24) is 24.7 Å². The molecule has 3 rings (SSSR count). The van der Waals surface area contributed by atoms with E-state index in [1.165, 1.54) is 0 Å². The van der Waals surface area contributed by atoms with Crippen molar-refractivity contribution in [2.75, 3.05) is 5.32 Å². The molecule has 24 heavy (non-hydrogen) atoms. The van der Waals surface area contributed by atoms with Crippen LogP contribution in [0.2, 0.25) is 0 Å². The van der Waals surface area contributed by atoms with Crippen LogP contribution in [0.1, 0.15) is 32.3 Å². The van der Waals surface area contributed by atoms with Gasteiger partial charge in [-0.25, -0.2) is 9.97 Å². The van der Waals surface area contributed by atoms with E-state index < -0.39 is 0 Å². The molecule has 0 atom stereocenters. The first-order valence-electron chi connectivity index (χ1n) is 8.17. The van der Waals surface area contributed by atoms with Crippen LogP contribution in [0.15, 0.2) is 35.4 Å². The Morgan fingerprint density at radius 3 is 2.83 bits per heavy atom. The van der Waals surface area contributed by atoms with E-state index in [2.05, 4.69) is 50.8 Å². The van der Waals surface area contributed by atoms with Gasteiger partial charge in [-0.05, 0) is 25.0 Å². The average Bonchev–Trinajstić information content (AvgIpc) is 3.21. The summed E-state index contributed by atoms with van der Waals surface area (Å²) in [5.74, 6) is 2.53. The molecule has 0 aliphatic rings. The highest BCUT2D eigenvalue weighted by Crippen LogP contribution is 2.18. The summed E-state index contributed by atoms with van der Waals surface area (Å²) in [5.41, 5.74) is 1.94. The Bertz CT molecular complexity index is 774. The van der Waals surface area contributed by atoms with Crippen LogP contribution in [-0.2, 0) is 19.5 Å². The van der Waals surface area contributed by atoms with Crippen LogP contribution in [0, 0.1) is 5.92 Å². The zero-order chi connectivity index (χ0) is 16.9. The quantitative estimate of drug-likeness (QED) is 0.718. The van der Waals surface area contributed by atoms with E-state index in [1.807, 2.05) is 24.7 Å². The lowest BCUT2D eigenvalue weighted by molar-refractivity contribution is 0.417. The summed E-state index contributed by atoms with van der Waals surface area (Å²) >= 11 is 0. The normalized spacial score (nSPS) is 11.2. The topological polar surface area (TPSA) is 81.7 Å². The van der Waals surface area contributed by atoms with Gasteiger partial charge in [0.25, 0.3) is 5.89 Å². The number of imidazole rings is 1. The van der Waals surface area contributed by atoms with Crippen molar-refractivity contribution in [3.8, 4) is 11.5 Å². The van der Waals surface area contributed by atoms with E-state index in [9.17, 15) is 0 Å². The second kappa shape index (κ2) is 7.25. The highest BCUT2D eigenvalue weighted by Gasteiger charge is 2.10. The molecule has 3 heterocycles. The molecular formula is C17H22N6O. The number of nitrogens with one attached hydrogen (secondary N) is 1. The van der Waals surface area contributed by atoms with Gasteiger partial charge in [-0.2, -0.15) is 4.98 Å². The van der Waals surface area contributed by atoms with Crippen LogP contribution in [0.25, 0.3) is 11.5 Å². The minimum Gasteiger partial charge on any atom is -0.364 e. The van der Waals surface area contributed by atoms with Gasteiger partial charge in [0, 0.05) is 25.4 Å². The monoisotopic (exact) mass is 326 g/mol. The third kappa shape index (κ3) is 3.79. The number of hydrogen-bond donors (Lipinski definition) is 1. The second-order valence-electron chi connectivity index (χ2n) is 6.07. The molecule has 0 radical (unpaired) electrons. The Kier molecular flexibility index (Phi) is 4.88. The molecule has 7 heteroatoms. The first-order valence-corrected chi connectivity index (χ1v) is 8.17. The Balaban J connectivity index is 1.64. The SMILES string of the molecule is CCn1cncc1CNc1ccc(-c2nc(CC(C)C)no2)cn1. The van der Waals surface area contributed by atoms with Gasteiger partial charge in [-0.15, -0.1) is 0 Å². The van der Waals surface area contributed by atoms with Gasteiger partial charge in [0.05, 0.1) is 24.1 Å². The van der Waals surface area contributed by atoms with Gasteiger partial charge in [0.2, 0.25) is 0 Å². The van der Waals surface area contributed by atoms with Crippen molar-refractivity contribution in [3.63, 3.8) is 0 Å². The summed E-state index contributed by atoms with van der Waals surface area (Å²) in [6, 6.07) is 3.84. The molecule has 0 aliphatic carbocycles. The van der Waals surface area contributed by atoms with Crippen molar-refractivity contribution in [2.45, 2.75) is 40.3 Å². The van der Waals surface area contributed by atoms with Crippen molar-refractivity contribution in [3.05, 3.63) is 42.4 Å². The van der Waals surface area contributed by atoms with Gasteiger partial charge in [-0.1, -0.05) is 19.0 Å². The van der Waals surface area contributed by atoms with Crippen molar-refractivity contribution in [2.24, 2.45) is 5.92 Å². The van der Waals surface area contributed by atoms with E-state index in [-0.39, 0.29) is 0 Å². The molecule has 126 valence electrons. The number of aromatic nitrogens is 5. The second-order valence-corrected chi connectivity index (χ2v) is 6.07. The fourth-order valence-electron chi connectivity index (χ4n) is 2.41. The molecule has 0 aliphatic heterocycles. The smallest absolute Gasteiger partial charge is 0.259 e. The highest BCUT2D eigenvalue weighted by molar-refractivity contribution is 5.54. The first kappa shape index (κ1) is 16.2. The lowest BCUT2D eigenvalue weighted by Crippen LogP contribution is -2.06. The Morgan fingerprint density at radius 2 is 2.12 bits per heavy atom. The molecule has 1 N–H and O–H groups in total. The molecule has 7 nitrogen and oxygen atoms in total. The van der Waals surface area contributed by atoms with Crippen LogP contribution in [0.5, 0.6) is 0 Å². The summed E-state index contributed by atoms with van der Waals surface area (Å²) in [5, 5.41) is 7.30. The van der Waals surface area contributed by atoms with Gasteiger partial charge < -0.3 is 14.4 Å². The number of aryl methyl sites for hydroxylation is 1. The average molecular weight is 326 g/mol. The molecule has 3 aromatic heterocycles. The molecule has 0 spiro atoms. The van der Waals surface area contributed by atoms with Crippen molar-refractivity contribution in [1.29, 1.82) is 0 Å². The van der Waals surface area contributed by atoms with Crippen LogP contribution in [0.3, 0.4) is 0 Å². The van der Waals surface area contributed by atoms with Crippen LogP contribution in [-0.4, -0.2) is 24.7 Å². The number of anilines is 1. The third-order valence-corrected chi connectivity index (χ3v) is 3.66. The van der Waals surface area contributed by atoms with E-state index >= 15 is 0 Å². The Morgan fingerprint density at radius 1 is 1.25 bits per heavy atom. The van der Waals surface area contributed by atoms with E-state index in [1.54, 1.807) is 6.20 Å². The molecule has 3 aromatic rings. The molecule has 0 amide bonds. The van der Waals surface area contributed by atoms with Crippen LogP contribution >= 0.6 is 0 Å². The predicted octanol–water partition coefficient (Wildman–Crippen LogP) is 3.16. The number of hydrogen-bond acceptors (Lipinski definition) is 6. The van der Waals surface area contributed by atoms with Gasteiger partial charge in [-0.3, -0.25) is 0 Å². The summed E-state index contributed by atoms with van der Waals surface area (Å²) in [6.45, 7) is 7.93. The van der Waals surface area contributed by atoms with Gasteiger partial charge in [0.1, 0.15) is 5.82 Å². The lowest BCUT2D eigenvalue weighted by Gasteiger charge is -2.07. The third-order valence-electron chi connectivity index (χ3n) is 3.66. The van der Waals surface area contributed by atoms with Crippen LogP contribution in [0.4, 0.5) is 5.82 Å². The van der Waals surface area contributed by atoms with E-state index in [4.69, 9.17) is 4.52 Å². The summed E-state index contributed by atoms with van der Waals surface area (Å²) in [4.78, 5) is 13.0. The Hall–Kier alpha value is -2.70. The maximum Gasteiger partial charge on any atom is 0.259 e. The fraction of sp³-hybridized carbons (Fsp3) is 0.412. The van der Waals surface area contributed by atoms with Crippen LogP contribution < -0.4 is 5.32 Å². The largest absolute Gasteiger partial charge is 0.364 e.